The molecule has 0 heterocycles. The summed E-state index contributed by atoms with van der Waals surface area (Å²) in [6.07, 6.45) is -3.60. The number of halogens is 3. The zero-order valence-electron chi connectivity index (χ0n) is 10.6. The molecule has 114 valence electrons. The number of aliphatic carboxylic acids is 1. The van der Waals surface area contributed by atoms with Crippen LogP contribution in [0.2, 0.25) is 0 Å². The Kier molecular flexibility index (Phi) is 4.90. The van der Waals surface area contributed by atoms with E-state index in [4.69, 9.17) is 5.11 Å². The van der Waals surface area contributed by atoms with Crippen LogP contribution in [0.25, 0.3) is 0 Å². The van der Waals surface area contributed by atoms with Crippen LogP contribution in [0.15, 0.2) is 30.9 Å². The number of alkyl halides is 3. The molecular formula is C12H11F3N2O4. The van der Waals surface area contributed by atoms with Crippen LogP contribution in [-0.2, 0) is 11.0 Å². The lowest BCUT2D eigenvalue weighted by atomic mass is 10.1. The number of benzene rings is 1. The summed E-state index contributed by atoms with van der Waals surface area (Å²) >= 11 is 0. The quantitative estimate of drug-likeness (QED) is 0.496. The summed E-state index contributed by atoms with van der Waals surface area (Å²) < 4.78 is 38.5. The molecule has 6 nitrogen and oxygen atoms in total. The number of carbonyl (C=O) groups is 1. The van der Waals surface area contributed by atoms with E-state index in [-0.39, 0.29) is 12.2 Å². The summed E-state index contributed by atoms with van der Waals surface area (Å²) in [7, 11) is 0. The van der Waals surface area contributed by atoms with Gasteiger partial charge in [-0.1, -0.05) is 6.08 Å². The lowest BCUT2D eigenvalue weighted by Crippen LogP contribution is -2.30. The second-order valence-corrected chi connectivity index (χ2v) is 4.02. The summed E-state index contributed by atoms with van der Waals surface area (Å²) in [4.78, 5) is 21.3. The first-order valence-electron chi connectivity index (χ1n) is 5.60. The number of nitrogens with zero attached hydrogens (tertiary/aromatic N) is 2. The van der Waals surface area contributed by atoms with Crippen LogP contribution >= 0.6 is 0 Å². The van der Waals surface area contributed by atoms with Gasteiger partial charge in [-0.3, -0.25) is 14.9 Å². The van der Waals surface area contributed by atoms with Gasteiger partial charge >= 0.3 is 12.1 Å². The first kappa shape index (κ1) is 16.5. The lowest BCUT2D eigenvalue weighted by Gasteiger charge is -2.22. The van der Waals surface area contributed by atoms with Crippen molar-refractivity contribution in [2.75, 3.05) is 18.0 Å². The third-order valence-electron chi connectivity index (χ3n) is 2.52. The fraction of sp³-hybridized carbons (Fsp3) is 0.250. The number of nitro groups is 1. The van der Waals surface area contributed by atoms with Gasteiger partial charge in [0, 0.05) is 18.3 Å². The number of carboxylic acid groups (broad SMARTS) is 1. The Hall–Kier alpha value is -2.58. The van der Waals surface area contributed by atoms with E-state index < -0.39 is 34.9 Å². The van der Waals surface area contributed by atoms with E-state index in [0.29, 0.717) is 12.1 Å². The Morgan fingerprint density at radius 3 is 2.52 bits per heavy atom. The molecule has 1 aromatic carbocycles. The predicted molar refractivity (Wildman–Crippen MR) is 68.1 cm³/mol. The van der Waals surface area contributed by atoms with Crippen molar-refractivity contribution in [2.24, 2.45) is 0 Å². The highest BCUT2D eigenvalue weighted by Crippen LogP contribution is 2.38. The van der Waals surface area contributed by atoms with Gasteiger partial charge in [-0.25, -0.2) is 0 Å². The summed E-state index contributed by atoms with van der Waals surface area (Å²) in [5.41, 5.74) is -2.60. The van der Waals surface area contributed by atoms with Gasteiger partial charge in [0.25, 0.3) is 5.69 Å². The maximum absolute atomic E-state index is 12.8. The Balaban J connectivity index is 3.34. The van der Waals surface area contributed by atoms with Crippen LogP contribution in [0.5, 0.6) is 0 Å². The number of carboxylic acids is 1. The fourth-order valence-corrected chi connectivity index (χ4v) is 1.69. The highest BCUT2D eigenvalue weighted by molar-refractivity contribution is 5.74. The molecule has 0 atom stereocenters. The summed E-state index contributed by atoms with van der Waals surface area (Å²) in [6.45, 7) is 2.82. The van der Waals surface area contributed by atoms with Crippen molar-refractivity contribution < 1.29 is 28.0 Å². The zero-order valence-corrected chi connectivity index (χ0v) is 10.6. The normalized spacial score (nSPS) is 11.0. The number of nitro benzene ring substituents is 1. The van der Waals surface area contributed by atoms with E-state index in [1.807, 2.05) is 0 Å². The van der Waals surface area contributed by atoms with Crippen LogP contribution in [-0.4, -0.2) is 29.1 Å². The topological polar surface area (TPSA) is 83.7 Å². The summed E-state index contributed by atoms with van der Waals surface area (Å²) in [5, 5.41) is 19.4. The second kappa shape index (κ2) is 6.25. The number of hydrogen-bond donors (Lipinski definition) is 1. The first-order chi connectivity index (χ1) is 9.66. The van der Waals surface area contributed by atoms with Gasteiger partial charge in [0.1, 0.15) is 12.1 Å². The van der Waals surface area contributed by atoms with E-state index in [1.54, 1.807) is 0 Å². The average Bonchev–Trinajstić information content (AvgIpc) is 2.36. The first-order valence-corrected chi connectivity index (χ1v) is 5.60. The predicted octanol–water partition coefficient (Wildman–Crippen LogP) is 2.69. The van der Waals surface area contributed by atoms with E-state index in [2.05, 4.69) is 6.58 Å². The Morgan fingerprint density at radius 2 is 2.10 bits per heavy atom. The molecule has 0 aliphatic heterocycles. The van der Waals surface area contributed by atoms with Crippen molar-refractivity contribution in [1.29, 1.82) is 0 Å². The maximum atomic E-state index is 12.8. The van der Waals surface area contributed by atoms with Gasteiger partial charge in [-0.05, 0) is 12.1 Å². The van der Waals surface area contributed by atoms with Gasteiger partial charge in [0.15, 0.2) is 0 Å². The molecule has 0 amide bonds. The van der Waals surface area contributed by atoms with Crippen molar-refractivity contribution in [3.05, 3.63) is 46.5 Å². The molecule has 0 saturated heterocycles. The van der Waals surface area contributed by atoms with Crippen molar-refractivity contribution >= 4 is 17.3 Å². The molecule has 0 aliphatic rings. The van der Waals surface area contributed by atoms with E-state index in [1.165, 1.54) is 6.08 Å². The van der Waals surface area contributed by atoms with Crippen LogP contribution in [0.4, 0.5) is 24.5 Å². The number of rotatable bonds is 6. The molecular weight excluding hydrogens is 293 g/mol. The van der Waals surface area contributed by atoms with Crippen LogP contribution in [0.1, 0.15) is 5.56 Å². The van der Waals surface area contributed by atoms with Crippen molar-refractivity contribution in [2.45, 2.75) is 6.18 Å². The molecule has 0 aromatic heterocycles. The molecule has 0 fully saturated rings. The van der Waals surface area contributed by atoms with Crippen LogP contribution in [0, 0.1) is 10.1 Å². The third kappa shape index (κ3) is 4.20. The van der Waals surface area contributed by atoms with E-state index in [0.717, 1.165) is 11.0 Å². The van der Waals surface area contributed by atoms with Crippen LogP contribution in [0.3, 0.4) is 0 Å². The van der Waals surface area contributed by atoms with Gasteiger partial charge in [0.05, 0.1) is 4.92 Å². The molecule has 9 heteroatoms. The minimum Gasteiger partial charge on any atom is -0.480 e. The average molecular weight is 304 g/mol. The van der Waals surface area contributed by atoms with Crippen molar-refractivity contribution in [1.82, 2.24) is 0 Å². The number of anilines is 1. The largest absolute Gasteiger partial charge is 0.480 e. The van der Waals surface area contributed by atoms with E-state index in [9.17, 15) is 28.1 Å². The lowest BCUT2D eigenvalue weighted by molar-refractivity contribution is -0.388. The SMILES string of the molecule is C=CCN(CC(=O)O)c1ccc([N+](=O)[O-])c(C(F)(F)F)c1. The monoisotopic (exact) mass is 304 g/mol. The number of hydrogen-bond acceptors (Lipinski definition) is 4. The molecule has 21 heavy (non-hydrogen) atoms. The third-order valence-corrected chi connectivity index (χ3v) is 2.52. The molecule has 0 saturated carbocycles. The minimum absolute atomic E-state index is 0.0125. The maximum Gasteiger partial charge on any atom is 0.423 e. The zero-order chi connectivity index (χ0) is 16.2. The summed E-state index contributed by atoms with van der Waals surface area (Å²) in [6, 6.07) is 2.33. The molecule has 1 N–H and O–H groups in total. The molecule has 1 aromatic rings. The standard InChI is InChI=1S/C12H11F3N2O4/c1-2-5-16(7-11(18)19)8-3-4-10(17(20)21)9(6-8)12(13,14)15/h2-4,6H,1,5,7H2,(H,18,19). The fourth-order valence-electron chi connectivity index (χ4n) is 1.69. The van der Waals surface area contributed by atoms with Gasteiger partial charge in [-0.2, -0.15) is 13.2 Å². The minimum atomic E-state index is -4.92. The summed E-state index contributed by atoms with van der Waals surface area (Å²) in [5.74, 6) is -1.25. The van der Waals surface area contributed by atoms with Gasteiger partial charge < -0.3 is 10.0 Å². The molecule has 0 spiro atoms. The highest BCUT2D eigenvalue weighted by Gasteiger charge is 2.38. The molecule has 1 rings (SSSR count). The Morgan fingerprint density at radius 1 is 1.48 bits per heavy atom. The molecule has 0 unspecified atom stereocenters. The Bertz CT molecular complexity index is 572. The smallest absolute Gasteiger partial charge is 0.423 e. The molecule has 0 aliphatic carbocycles. The van der Waals surface area contributed by atoms with Crippen LogP contribution < -0.4 is 4.90 Å². The Labute approximate surface area is 117 Å². The van der Waals surface area contributed by atoms with E-state index >= 15 is 0 Å². The molecule has 0 bridgehead atoms. The second-order valence-electron chi connectivity index (χ2n) is 4.02. The van der Waals surface area contributed by atoms with Crippen molar-refractivity contribution in [3.63, 3.8) is 0 Å². The van der Waals surface area contributed by atoms with Crippen molar-refractivity contribution in [3.8, 4) is 0 Å². The van der Waals surface area contributed by atoms with Gasteiger partial charge in [-0.15, -0.1) is 6.58 Å². The highest BCUT2D eigenvalue weighted by atomic mass is 19.4. The van der Waals surface area contributed by atoms with Gasteiger partial charge in [0.2, 0.25) is 0 Å². The molecule has 0 radical (unpaired) electrons.